The largest absolute Gasteiger partial charge is 0.465 e. The van der Waals surface area contributed by atoms with Gasteiger partial charge in [0.05, 0.1) is 0 Å². The minimum absolute atomic E-state index is 0.0110. The highest BCUT2D eigenvalue weighted by Gasteiger charge is 2.32. The van der Waals surface area contributed by atoms with E-state index in [1.807, 2.05) is 30.3 Å². The second kappa shape index (κ2) is 7.97. The minimum atomic E-state index is -0.853. The molecule has 1 atom stereocenters. The van der Waals surface area contributed by atoms with Crippen LogP contribution in [0, 0.1) is 0 Å². The minimum Gasteiger partial charge on any atom is -0.465 e. The summed E-state index contributed by atoms with van der Waals surface area (Å²) >= 11 is 0. The molecule has 4 heteroatoms. The molecule has 1 fully saturated rings. The average molecular weight is 303 g/mol. The Labute approximate surface area is 132 Å². The van der Waals surface area contributed by atoms with Crippen LogP contribution in [-0.2, 0) is 11.2 Å². The molecule has 1 unspecified atom stereocenters. The topological polar surface area (TPSA) is 57.6 Å². The third-order valence-electron chi connectivity index (χ3n) is 4.46. The van der Waals surface area contributed by atoms with E-state index in [4.69, 9.17) is 0 Å². The monoisotopic (exact) mass is 303 g/mol. The van der Waals surface area contributed by atoms with Gasteiger partial charge in [-0.1, -0.05) is 43.7 Å². The SMILES string of the molecule is CCCC(Cc1ccccc1)N(C(=O)O)C1CCC(=O)CC1. The maximum atomic E-state index is 11.8. The van der Waals surface area contributed by atoms with Gasteiger partial charge in [0.25, 0.3) is 0 Å². The van der Waals surface area contributed by atoms with Gasteiger partial charge in [0.2, 0.25) is 0 Å². The van der Waals surface area contributed by atoms with E-state index in [-0.39, 0.29) is 17.9 Å². The van der Waals surface area contributed by atoms with E-state index in [0.29, 0.717) is 25.7 Å². The summed E-state index contributed by atoms with van der Waals surface area (Å²) in [6.07, 6.45) is 4.05. The van der Waals surface area contributed by atoms with Gasteiger partial charge in [0.1, 0.15) is 5.78 Å². The van der Waals surface area contributed by atoms with Gasteiger partial charge in [-0.2, -0.15) is 0 Å². The van der Waals surface area contributed by atoms with Crippen molar-refractivity contribution >= 4 is 11.9 Å². The smallest absolute Gasteiger partial charge is 0.407 e. The Balaban J connectivity index is 2.14. The van der Waals surface area contributed by atoms with Crippen LogP contribution in [0.1, 0.15) is 51.0 Å². The molecule has 1 aromatic rings. The number of carboxylic acid groups (broad SMARTS) is 1. The molecule has 1 amide bonds. The Kier molecular flexibility index (Phi) is 5.99. The van der Waals surface area contributed by atoms with Crippen LogP contribution in [0.2, 0.25) is 0 Å². The van der Waals surface area contributed by atoms with Crippen LogP contribution in [0.3, 0.4) is 0 Å². The lowest BCUT2D eigenvalue weighted by Gasteiger charge is -2.38. The Morgan fingerprint density at radius 3 is 2.45 bits per heavy atom. The third-order valence-corrected chi connectivity index (χ3v) is 4.46. The number of carbonyl (C=O) groups excluding carboxylic acids is 1. The molecule has 120 valence electrons. The zero-order chi connectivity index (χ0) is 15.9. The number of Topliss-reactive ketones (excluding diaryl/α,β-unsaturated/α-hetero) is 1. The van der Waals surface area contributed by atoms with Crippen LogP contribution >= 0.6 is 0 Å². The third kappa shape index (κ3) is 4.33. The number of amides is 1. The standard InChI is InChI=1S/C18H25NO3/c1-2-6-16(13-14-7-4-3-5-8-14)19(18(21)22)15-9-11-17(20)12-10-15/h3-5,7-8,15-16H,2,6,9-13H2,1H3,(H,21,22). The Bertz CT molecular complexity index is 490. The van der Waals surface area contributed by atoms with Gasteiger partial charge in [0, 0.05) is 24.9 Å². The molecule has 0 bridgehead atoms. The first-order chi connectivity index (χ1) is 10.6. The molecular formula is C18H25NO3. The Hall–Kier alpha value is -1.84. The highest BCUT2D eigenvalue weighted by molar-refractivity contribution is 5.79. The molecule has 2 rings (SSSR count). The van der Waals surface area contributed by atoms with Gasteiger partial charge in [-0.05, 0) is 31.2 Å². The van der Waals surface area contributed by atoms with Crippen molar-refractivity contribution in [2.75, 3.05) is 0 Å². The van der Waals surface area contributed by atoms with E-state index in [1.54, 1.807) is 4.90 Å². The van der Waals surface area contributed by atoms with Crippen LogP contribution < -0.4 is 0 Å². The number of hydrogen-bond donors (Lipinski definition) is 1. The lowest BCUT2D eigenvalue weighted by molar-refractivity contribution is -0.121. The Morgan fingerprint density at radius 2 is 1.91 bits per heavy atom. The molecule has 1 aliphatic carbocycles. The lowest BCUT2D eigenvalue weighted by Crippen LogP contribution is -2.49. The number of hydrogen-bond acceptors (Lipinski definition) is 2. The van der Waals surface area contributed by atoms with Crippen molar-refractivity contribution in [1.82, 2.24) is 4.90 Å². The molecule has 1 aliphatic rings. The maximum absolute atomic E-state index is 11.8. The molecular weight excluding hydrogens is 278 g/mol. The van der Waals surface area contributed by atoms with Crippen molar-refractivity contribution in [2.45, 2.75) is 64.0 Å². The van der Waals surface area contributed by atoms with E-state index >= 15 is 0 Å². The first-order valence-electron chi connectivity index (χ1n) is 8.18. The molecule has 4 nitrogen and oxygen atoms in total. The highest BCUT2D eigenvalue weighted by atomic mass is 16.4. The molecule has 1 N–H and O–H groups in total. The van der Waals surface area contributed by atoms with E-state index in [9.17, 15) is 14.7 Å². The van der Waals surface area contributed by atoms with Gasteiger partial charge in [0.15, 0.2) is 0 Å². The quantitative estimate of drug-likeness (QED) is 0.867. The molecule has 1 aromatic carbocycles. The van der Waals surface area contributed by atoms with E-state index in [0.717, 1.165) is 19.3 Å². The van der Waals surface area contributed by atoms with Gasteiger partial charge in [-0.15, -0.1) is 0 Å². The number of carbonyl (C=O) groups is 2. The summed E-state index contributed by atoms with van der Waals surface area (Å²) in [5.74, 6) is 0.261. The van der Waals surface area contributed by atoms with Gasteiger partial charge >= 0.3 is 6.09 Å². The summed E-state index contributed by atoms with van der Waals surface area (Å²) in [7, 11) is 0. The molecule has 22 heavy (non-hydrogen) atoms. The first-order valence-corrected chi connectivity index (χ1v) is 8.18. The zero-order valence-corrected chi connectivity index (χ0v) is 13.2. The van der Waals surface area contributed by atoms with Crippen LogP contribution in [0.15, 0.2) is 30.3 Å². The van der Waals surface area contributed by atoms with E-state index < -0.39 is 6.09 Å². The lowest BCUT2D eigenvalue weighted by atomic mass is 9.90. The summed E-state index contributed by atoms with van der Waals surface area (Å²) in [4.78, 5) is 24.9. The summed E-state index contributed by atoms with van der Waals surface area (Å²) in [5, 5.41) is 9.71. The van der Waals surface area contributed by atoms with Crippen LogP contribution in [0.5, 0.6) is 0 Å². The molecule has 0 heterocycles. The Morgan fingerprint density at radius 1 is 1.27 bits per heavy atom. The van der Waals surface area contributed by atoms with Crippen molar-refractivity contribution in [3.05, 3.63) is 35.9 Å². The fourth-order valence-corrected chi connectivity index (χ4v) is 3.37. The van der Waals surface area contributed by atoms with Crippen molar-refractivity contribution in [3.63, 3.8) is 0 Å². The number of benzene rings is 1. The molecule has 0 spiro atoms. The second-order valence-electron chi connectivity index (χ2n) is 6.09. The van der Waals surface area contributed by atoms with Crippen molar-refractivity contribution < 1.29 is 14.7 Å². The zero-order valence-electron chi connectivity index (χ0n) is 13.2. The van der Waals surface area contributed by atoms with Crippen molar-refractivity contribution in [2.24, 2.45) is 0 Å². The fraction of sp³-hybridized carbons (Fsp3) is 0.556. The predicted molar refractivity (Wildman–Crippen MR) is 86.0 cm³/mol. The predicted octanol–water partition coefficient (Wildman–Crippen LogP) is 3.89. The second-order valence-corrected chi connectivity index (χ2v) is 6.09. The average Bonchev–Trinajstić information content (AvgIpc) is 2.50. The van der Waals surface area contributed by atoms with Gasteiger partial charge < -0.3 is 10.0 Å². The summed E-state index contributed by atoms with van der Waals surface area (Å²) in [6, 6.07) is 10.0. The summed E-state index contributed by atoms with van der Waals surface area (Å²) < 4.78 is 0. The molecule has 0 aliphatic heterocycles. The normalized spacial score (nSPS) is 17.2. The summed E-state index contributed by atoms with van der Waals surface area (Å²) in [5.41, 5.74) is 1.17. The maximum Gasteiger partial charge on any atom is 0.407 e. The fourth-order valence-electron chi connectivity index (χ4n) is 3.37. The van der Waals surface area contributed by atoms with Crippen LogP contribution in [0.4, 0.5) is 4.79 Å². The number of rotatable bonds is 6. The molecule has 1 saturated carbocycles. The molecule has 0 saturated heterocycles. The van der Waals surface area contributed by atoms with E-state index in [1.165, 1.54) is 5.56 Å². The number of nitrogens with zero attached hydrogens (tertiary/aromatic N) is 1. The van der Waals surface area contributed by atoms with E-state index in [2.05, 4.69) is 6.92 Å². The first kappa shape index (κ1) is 16.5. The van der Waals surface area contributed by atoms with Gasteiger partial charge in [-0.25, -0.2) is 4.79 Å². The van der Waals surface area contributed by atoms with Crippen LogP contribution in [-0.4, -0.2) is 34.0 Å². The summed E-state index contributed by atoms with van der Waals surface area (Å²) in [6.45, 7) is 2.09. The highest BCUT2D eigenvalue weighted by Crippen LogP contribution is 2.25. The van der Waals surface area contributed by atoms with Crippen LogP contribution in [0.25, 0.3) is 0 Å². The van der Waals surface area contributed by atoms with Crippen molar-refractivity contribution in [3.8, 4) is 0 Å². The molecule has 0 aromatic heterocycles. The van der Waals surface area contributed by atoms with Crippen molar-refractivity contribution in [1.29, 1.82) is 0 Å². The van der Waals surface area contributed by atoms with Gasteiger partial charge in [-0.3, -0.25) is 4.79 Å². The molecule has 0 radical (unpaired) electrons. The number of ketones is 1.